The van der Waals surface area contributed by atoms with Crippen LogP contribution < -0.4 is 5.73 Å². The zero-order chi connectivity index (χ0) is 12.0. The van der Waals surface area contributed by atoms with Crippen LogP contribution in [0.2, 0.25) is 0 Å². The highest BCUT2D eigenvalue weighted by atomic mass is 32.1. The van der Waals surface area contributed by atoms with Gasteiger partial charge >= 0.3 is 0 Å². The molecular formula is C12H24N2OS. The van der Waals surface area contributed by atoms with Gasteiger partial charge in [-0.2, -0.15) is 0 Å². The Bertz CT molecular complexity index is 215. The molecule has 1 saturated heterocycles. The van der Waals surface area contributed by atoms with Crippen LogP contribution in [-0.4, -0.2) is 41.7 Å². The van der Waals surface area contributed by atoms with Crippen LogP contribution in [0.3, 0.4) is 0 Å². The monoisotopic (exact) mass is 244 g/mol. The Morgan fingerprint density at radius 1 is 1.50 bits per heavy atom. The lowest BCUT2D eigenvalue weighted by Crippen LogP contribution is -2.41. The highest BCUT2D eigenvalue weighted by molar-refractivity contribution is 7.80. The predicted molar refractivity (Wildman–Crippen MR) is 71.7 cm³/mol. The topological polar surface area (TPSA) is 38.5 Å². The average molecular weight is 244 g/mol. The SMILES string of the molecule is CC(C)N(CCC(N)=S)CC1CCCCO1. The Labute approximate surface area is 104 Å². The maximum absolute atomic E-state index is 5.76. The zero-order valence-corrected chi connectivity index (χ0v) is 11.3. The number of hydrogen-bond acceptors (Lipinski definition) is 3. The van der Waals surface area contributed by atoms with Crippen molar-refractivity contribution in [2.24, 2.45) is 5.73 Å². The van der Waals surface area contributed by atoms with Crippen LogP contribution in [-0.2, 0) is 4.74 Å². The maximum atomic E-state index is 5.76. The minimum Gasteiger partial charge on any atom is -0.393 e. The van der Waals surface area contributed by atoms with E-state index in [0.29, 0.717) is 17.1 Å². The quantitative estimate of drug-likeness (QED) is 0.725. The third-order valence-corrected chi connectivity index (χ3v) is 3.29. The van der Waals surface area contributed by atoms with Crippen molar-refractivity contribution in [3.05, 3.63) is 0 Å². The van der Waals surface area contributed by atoms with E-state index in [1.807, 2.05) is 0 Å². The lowest BCUT2D eigenvalue weighted by atomic mass is 10.1. The fourth-order valence-corrected chi connectivity index (χ4v) is 2.12. The second-order valence-electron chi connectivity index (χ2n) is 4.79. The Hall–Kier alpha value is -0.190. The van der Waals surface area contributed by atoms with E-state index in [1.54, 1.807) is 0 Å². The number of ether oxygens (including phenoxy) is 1. The van der Waals surface area contributed by atoms with E-state index in [4.69, 9.17) is 22.7 Å². The van der Waals surface area contributed by atoms with Crippen LogP contribution in [0.1, 0.15) is 39.5 Å². The van der Waals surface area contributed by atoms with Gasteiger partial charge in [0, 0.05) is 32.2 Å². The summed E-state index contributed by atoms with van der Waals surface area (Å²) in [4.78, 5) is 3.02. The molecule has 1 fully saturated rings. The Morgan fingerprint density at radius 3 is 2.75 bits per heavy atom. The molecule has 94 valence electrons. The van der Waals surface area contributed by atoms with Crippen molar-refractivity contribution in [3.63, 3.8) is 0 Å². The summed E-state index contributed by atoms with van der Waals surface area (Å²) < 4.78 is 5.76. The molecule has 0 spiro atoms. The summed E-state index contributed by atoms with van der Waals surface area (Å²) in [5, 5.41) is 0. The second kappa shape index (κ2) is 7.20. The van der Waals surface area contributed by atoms with Crippen LogP contribution >= 0.6 is 12.2 Å². The fourth-order valence-electron chi connectivity index (χ4n) is 2.03. The van der Waals surface area contributed by atoms with Crippen LogP contribution in [0.25, 0.3) is 0 Å². The van der Waals surface area contributed by atoms with Crippen LogP contribution in [0.5, 0.6) is 0 Å². The van der Waals surface area contributed by atoms with E-state index >= 15 is 0 Å². The van der Waals surface area contributed by atoms with Gasteiger partial charge in [-0.25, -0.2) is 0 Å². The summed E-state index contributed by atoms with van der Waals surface area (Å²) in [5.41, 5.74) is 5.55. The Kier molecular flexibility index (Phi) is 6.24. The van der Waals surface area contributed by atoms with Gasteiger partial charge in [0.25, 0.3) is 0 Å². The average Bonchev–Trinajstić information content (AvgIpc) is 2.25. The predicted octanol–water partition coefficient (Wildman–Crippen LogP) is 1.94. The molecule has 1 atom stereocenters. The fraction of sp³-hybridized carbons (Fsp3) is 0.917. The molecule has 1 heterocycles. The lowest BCUT2D eigenvalue weighted by Gasteiger charge is -2.32. The molecule has 1 aliphatic heterocycles. The lowest BCUT2D eigenvalue weighted by molar-refractivity contribution is -0.0106. The van der Waals surface area contributed by atoms with Gasteiger partial charge in [0.15, 0.2) is 0 Å². The van der Waals surface area contributed by atoms with Crippen molar-refractivity contribution in [2.75, 3.05) is 19.7 Å². The molecule has 1 rings (SSSR count). The van der Waals surface area contributed by atoms with Gasteiger partial charge in [-0.3, -0.25) is 4.90 Å². The van der Waals surface area contributed by atoms with E-state index < -0.39 is 0 Å². The highest BCUT2D eigenvalue weighted by Gasteiger charge is 2.19. The third kappa shape index (κ3) is 5.23. The summed E-state index contributed by atoms with van der Waals surface area (Å²) in [7, 11) is 0. The van der Waals surface area contributed by atoms with Gasteiger partial charge in [-0.1, -0.05) is 12.2 Å². The Balaban J connectivity index is 2.34. The molecule has 1 unspecified atom stereocenters. The maximum Gasteiger partial charge on any atom is 0.0740 e. The van der Waals surface area contributed by atoms with Gasteiger partial charge in [-0.05, 0) is 33.1 Å². The molecule has 0 amide bonds. The van der Waals surface area contributed by atoms with E-state index in [2.05, 4.69) is 18.7 Å². The summed E-state index contributed by atoms with van der Waals surface area (Å²) in [6, 6.07) is 0.528. The van der Waals surface area contributed by atoms with Gasteiger partial charge < -0.3 is 10.5 Å². The summed E-state index contributed by atoms with van der Waals surface area (Å²) >= 11 is 4.92. The first kappa shape index (κ1) is 13.9. The van der Waals surface area contributed by atoms with Crippen LogP contribution in [0.15, 0.2) is 0 Å². The number of thiocarbonyl (C=S) groups is 1. The molecule has 0 saturated carbocycles. The minimum atomic E-state index is 0.405. The molecule has 0 bridgehead atoms. The first-order valence-electron chi connectivity index (χ1n) is 6.23. The number of nitrogens with two attached hydrogens (primary N) is 1. The number of rotatable bonds is 6. The molecule has 0 aliphatic carbocycles. The molecule has 0 radical (unpaired) electrons. The number of nitrogens with zero attached hydrogens (tertiary/aromatic N) is 1. The molecule has 3 nitrogen and oxygen atoms in total. The molecule has 2 N–H and O–H groups in total. The first-order chi connectivity index (χ1) is 7.59. The van der Waals surface area contributed by atoms with E-state index in [1.165, 1.54) is 19.3 Å². The summed E-state index contributed by atoms with van der Waals surface area (Å²) in [5.74, 6) is 0. The molecule has 0 aromatic rings. The molecule has 1 aliphatic rings. The highest BCUT2D eigenvalue weighted by Crippen LogP contribution is 2.15. The van der Waals surface area contributed by atoms with Gasteiger partial charge in [0.2, 0.25) is 0 Å². The minimum absolute atomic E-state index is 0.405. The molecule has 0 aromatic heterocycles. The van der Waals surface area contributed by atoms with Gasteiger partial charge in [0.1, 0.15) is 0 Å². The largest absolute Gasteiger partial charge is 0.393 e. The van der Waals surface area contributed by atoms with Crippen LogP contribution in [0.4, 0.5) is 0 Å². The van der Waals surface area contributed by atoms with Crippen molar-refractivity contribution in [3.8, 4) is 0 Å². The van der Waals surface area contributed by atoms with Crippen molar-refractivity contribution in [1.29, 1.82) is 0 Å². The molecule has 0 aromatic carbocycles. The zero-order valence-electron chi connectivity index (χ0n) is 10.4. The Morgan fingerprint density at radius 2 is 2.25 bits per heavy atom. The normalized spacial score (nSPS) is 21.6. The van der Waals surface area contributed by atoms with Crippen molar-refractivity contribution >= 4 is 17.2 Å². The molecule has 16 heavy (non-hydrogen) atoms. The summed E-state index contributed by atoms with van der Waals surface area (Å²) in [6.07, 6.45) is 4.91. The number of hydrogen-bond donors (Lipinski definition) is 1. The smallest absolute Gasteiger partial charge is 0.0740 e. The van der Waals surface area contributed by atoms with Gasteiger partial charge in [-0.15, -0.1) is 0 Å². The van der Waals surface area contributed by atoms with Gasteiger partial charge in [0.05, 0.1) is 11.1 Å². The van der Waals surface area contributed by atoms with Crippen LogP contribution in [0, 0.1) is 0 Å². The van der Waals surface area contributed by atoms with Crippen molar-refractivity contribution < 1.29 is 4.74 Å². The van der Waals surface area contributed by atoms with E-state index in [0.717, 1.165) is 26.1 Å². The molecule has 4 heteroatoms. The van der Waals surface area contributed by atoms with Crippen molar-refractivity contribution in [2.45, 2.75) is 51.7 Å². The third-order valence-electron chi connectivity index (χ3n) is 3.09. The van der Waals surface area contributed by atoms with E-state index in [9.17, 15) is 0 Å². The van der Waals surface area contributed by atoms with Crippen molar-refractivity contribution in [1.82, 2.24) is 4.90 Å². The van der Waals surface area contributed by atoms with E-state index in [-0.39, 0.29) is 0 Å². The standard InChI is InChI=1S/C12H24N2OS/c1-10(2)14(7-6-12(13)16)9-11-5-3-4-8-15-11/h10-11H,3-9H2,1-2H3,(H2,13,16). The summed E-state index contributed by atoms with van der Waals surface area (Å²) in [6.45, 7) is 7.31. The molecular weight excluding hydrogens is 220 g/mol. The second-order valence-corrected chi connectivity index (χ2v) is 5.32. The first-order valence-corrected chi connectivity index (χ1v) is 6.64.